The van der Waals surface area contributed by atoms with E-state index in [1.54, 1.807) is 0 Å². The molecule has 1 aromatic carbocycles. The highest BCUT2D eigenvalue weighted by Gasteiger charge is 2.32. The molecule has 0 aliphatic carbocycles. The van der Waals surface area contributed by atoms with E-state index in [4.69, 9.17) is 5.73 Å². The molecule has 6 heteroatoms. The monoisotopic (exact) mass is 270 g/mol. The Morgan fingerprint density at radius 3 is 2.58 bits per heavy atom. The van der Waals surface area contributed by atoms with E-state index in [9.17, 15) is 18.1 Å². The molecule has 3 nitrogen and oxygen atoms in total. The molecule has 2 N–H and O–H groups in total. The van der Waals surface area contributed by atoms with E-state index in [-0.39, 0.29) is 11.3 Å². The number of anilines is 1. The lowest BCUT2D eigenvalue weighted by molar-refractivity contribution is -0.137. The van der Waals surface area contributed by atoms with Crippen molar-refractivity contribution in [3.63, 3.8) is 0 Å². The van der Waals surface area contributed by atoms with E-state index in [1.807, 2.05) is 6.92 Å². The molecule has 0 aromatic heterocycles. The summed E-state index contributed by atoms with van der Waals surface area (Å²) in [7, 11) is 0. The third kappa shape index (κ3) is 3.98. The van der Waals surface area contributed by atoms with Gasteiger partial charge >= 0.3 is 6.18 Å². The van der Waals surface area contributed by atoms with Gasteiger partial charge in [-0.2, -0.15) is 13.2 Å². The second-order valence-electron chi connectivity index (χ2n) is 3.95. The molecule has 0 radical (unpaired) electrons. The van der Waals surface area contributed by atoms with Crippen LogP contribution >= 0.6 is 0 Å². The Morgan fingerprint density at radius 2 is 2.05 bits per heavy atom. The van der Waals surface area contributed by atoms with Gasteiger partial charge in [-0.1, -0.05) is 25.2 Å². The van der Waals surface area contributed by atoms with Crippen LogP contribution in [0.15, 0.2) is 17.3 Å². The molecule has 1 rings (SSSR count). The third-order valence-electron chi connectivity index (χ3n) is 2.46. The summed E-state index contributed by atoms with van der Waals surface area (Å²) >= 11 is 0. The number of unbranched alkanes of at least 4 members (excludes halogenated alkanes) is 2. The van der Waals surface area contributed by atoms with Crippen LogP contribution in [0.3, 0.4) is 0 Å². The van der Waals surface area contributed by atoms with Gasteiger partial charge in [-0.3, -0.25) is 0 Å². The Labute approximate surface area is 109 Å². The lowest BCUT2D eigenvalue weighted by Gasteiger charge is -2.09. The van der Waals surface area contributed by atoms with Gasteiger partial charge in [-0.05, 0) is 23.7 Å². The number of rotatable bonds is 3. The van der Waals surface area contributed by atoms with E-state index in [2.05, 4.69) is 17.0 Å². The number of hydrogen-bond acceptors (Lipinski definition) is 3. The van der Waals surface area contributed by atoms with E-state index in [1.165, 1.54) is 0 Å². The molecule has 1 aromatic rings. The lowest BCUT2D eigenvalue weighted by atomic mass is 10.1. The van der Waals surface area contributed by atoms with Crippen LogP contribution < -0.4 is 5.73 Å². The van der Waals surface area contributed by atoms with Crippen LogP contribution in [0.5, 0.6) is 0 Å². The van der Waals surface area contributed by atoms with Crippen molar-refractivity contribution in [1.82, 2.24) is 0 Å². The van der Waals surface area contributed by atoms with Gasteiger partial charge in [0.1, 0.15) is 5.69 Å². The lowest BCUT2D eigenvalue weighted by Crippen LogP contribution is -2.06. The molecule has 0 saturated carbocycles. The number of nitrogens with zero attached hydrogens (tertiary/aromatic N) is 1. The fourth-order valence-electron chi connectivity index (χ4n) is 1.40. The van der Waals surface area contributed by atoms with Gasteiger partial charge in [0.15, 0.2) is 0 Å². The maximum atomic E-state index is 12.6. The highest BCUT2D eigenvalue weighted by molar-refractivity contribution is 5.72. The molecule has 0 bridgehead atoms. The summed E-state index contributed by atoms with van der Waals surface area (Å²) in [5.74, 6) is 5.29. The predicted molar refractivity (Wildman–Crippen MR) is 67.7 cm³/mol. The predicted octanol–water partition coefficient (Wildman–Crippen LogP) is 4.23. The average molecular weight is 270 g/mol. The van der Waals surface area contributed by atoms with Gasteiger partial charge in [-0.25, -0.2) is 0 Å². The number of alkyl halides is 3. The van der Waals surface area contributed by atoms with Crippen molar-refractivity contribution in [3.8, 4) is 11.8 Å². The minimum Gasteiger partial charge on any atom is -0.396 e. The van der Waals surface area contributed by atoms with Crippen LogP contribution in [-0.4, -0.2) is 0 Å². The second kappa shape index (κ2) is 6.23. The van der Waals surface area contributed by atoms with E-state index in [0.717, 1.165) is 18.9 Å². The van der Waals surface area contributed by atoms with E-state index in [0.29, 0.717) is 12.5 Å². The number of nitrogen functional groups attached to an aromatic ring is 1. The first-order valence-electron chi connectivity index (χ1n) is 5.73. The van der Waals surface area contributed by atoms with E-state index < -0.39 is 17.4 Å². The zero-order valence-electron chi connectivity index (χ0n) is 10.3. The summed E-state index contributed by atoms with van der Waals surface area (Å²) in [5, 5.41) is 2.51. The van der Waals surface area contributed by atoms with Gasteiger partial charge in [-0.15, -0.1) is 4.91 Å². The zero-order valence-corrected chi connectivity index (χ0v) is 10.3. The van der Waals surface area contributed by atoms with E-state index >= 15 is 0 Å². The van der Waals surface area contributed by atoms with Crippen LogP contribution in [0.25, 0.3) is 0 Å². The van der Waals surface area contributed by atoms with Crippen LogP contribution in [0.1, 0.15) is 37.3 Å². The summed E-state index contributed by atoms with van der Waals surface area (Å²) in [6, 6.07) is 1.46. The molecule has 0 spiro atoms. The topological polar surface area (TPSA) is 55.5 Å². The Morgan fingerprint density at radius 1 is 1.37 bits per heavy atom. The van der Waals surface area contributed by atoms with Gasteiger partial charge < -0.3 is 5.73 Å². The minimum absolute atomic E-state index is 0.0134. The van der Waals surface area contributed by atoms with Gasteiger partial charge in [0.25, 0.3) is 0 Å². The van der Waals surface area contributed by atoms with Crippen molar-refractivity contribution < 1.29 is 13.2 Å². The van der Waals surface area contributed by atoms with Gasteiger partial charge in [0.2, 0.25) is 0 Å². The maximum Gasteiger partial charge on any atom is 0.416 e. The quantitative estimate of drug-likeness (QED) is 0.387. The van der Waals surface area contributed by atoms with Gasteiger partial charge in [0.05, 0.1) is 16.8 Å². The third-order valence-corrected chi connectivity index (χ3v) is 2.46. The fourth-order valence-corrected chi connectivity index (χ4v) is 1.40. The molecule has 19 heavy (non-hydrogen) atoms. The number of nitrogens with two attached hydrogens (primary N) is 1. The summed E-state index contributed by atoms with van der Waals surface area (Å²) < 4.78 is 37.9. The molecule has 0 fully saturated rings. The van der Waals surface area contributed by atoms with Crippen molar-refractivity contribution in [1.29, 1.82) is 0 Å². The Balaban J connectivity index is 3.21. The molecule has 0 unspecified atom stereocenters. The summed E-state index contributed by atoms with van der Waals surface area (Å²) in [6.07, 6.45) is -2.21. The molecule has 0 heterocycles. The van der Waals surface area contributed by atoms with Crippen LogP contribution in [0, 0.1) is 16.7 Å². The summed E-state index contributed by atoms with van der Waals surface area (Å²) in [6.45, 7) is 1.98. The largest absolute Gasteiger partial charge is 0.416 e. The highest BCUT2D eigenvalue weighted by Crippen LogP contribution is 2.36. The molecule has 102 valence electrons. The standard InChI is InChI=1S/C13H13F3N2O/c1-2-3-4-5-6-9-7-10(13(14,15)16)8-11(18-19)12(9)17/h7-8H,2-4,17H2,1H3. The molecule has 0 aliphatic heterocycles. The molecule has 0 saturated heterocycles. The minimum atomic E-state index is -4.56. The van der Waals surface area contributed by atoms with Crippen molar-refractivity contribution >= 4 is 11.4 Å². The molecule has 0 amide bonds. The zero-order chi connectivity index (χ0) is 14.5. The maximum absolute atomic E-state index is 12.6. The summed E-state index contributed by atoms with van der Waals surface area (Å²) in [5.41, 5.74) is 4.01. The molecule has 0 aliphatic rings. The van der Waals surface area contributed by atoms with Crippen molar-refractivity contribution in [3.05, 3.63) is 28.2 Å². The van der Waals surface area contributed by atoms with Crippen LogP contribution in [-0.2, 0) is 6.18 Å². The second-order valence-corrected chi connectivity index (χ2v) is 3.95. The van der Waals surface area contributed by atoms with Gasteiger partial charge in [0, 0.05) is 6.42 Å². The number of nitroso groups, excluding NO2 is 1. The first-order chi connectivity index (χ1) is 8.90. The Bertz CT molecular complexity index is 527. The molecular formula is C13H13F3N2O. The normalized spacial score (nSPS) is 10.7. The SMILES string of the molecule is CCCCC#Cc1cc(C(F)(F)F)cc(N=O)c1N. The highest BCUT2D eigenvalue weighted by atomic mass is 19.4. The average Bonchev–Trinajstić information content (AvgIpc) is 2.35. The van der Waals surface area contributed by atoms with Crippen LogP contribution in [0.4, 0.5) is 24.5 Å². The van der Waals surface area contributed by atoms with Crippen molar-refractivity contribution in [2.45, 2.75) is 32.4 Å². The molecular weight excluding hydrogens is 257 g/mol. The Hall–Kier alpha value is -2.03. The fraction of sp³-hybridized carbons (Fsp3) is 0.385. The first-order valence-corrected chi connectivity index (χ1v) is 5.73. The smallest absolute Gasteiger partial charge is 0.396 e. The number of hydrogen-bond donors (Lipinski definition) is 1. The molecule has 0 atom stereocenters. The van der Waals surface area contributed by atoms with Crippen molar-refractivity contribution in [2.75, 3.05) is 5.73 Å². The first kappa shape index (κ1) is 15.0. The Kier molecular flexibility index (Phi) is 4.93. The van der Waals surface area contributed by atoms with Crippen LogP contribution in [0.2, 0.25) is 0 Å². The number of benzene rings is 1. The summed E-state index contributed by atoms with van der Waals surface area (Å²) in [4.78, 5) is 10.5. The number of halogens is 3. The van der Waals surface area contributed by atoms with Crippen molar-refractivity contribution in [2.24, 2.45) is 5.18 Å².